The molecule has 2 aromatic carbocycles. The van der Waals surface area contributed by atoms with Gasteiger partial charge in [0.2, 0.25) is 0 Å². The molecule has 0 aliphatic rings. The molecule has 0 saturated heterocycles. The summed E-state index contributed by atoms with van der Waals surface area (Å²) in [6.07, 6.45) is 1.26. The van der Waals surface area contributed by atoms with Crippen LogP contribution in [0.15, 0.2) is 60.7 Å². The quantitative estimate of drug-likeness (QED) is 0.463. The minimum absolute atomic E-state index is 0.131. The summed E-state index contributed by atoms with van der Waals surface area (Å²) in [5, 5.41) is 0. The Morgan fingerprint density at radius 3 is 1.78 bits per heavy atom. The van der Waals surface area contributed by atoms with E-state index >= 15 is 0 Å². The lowest BCUT2D eigenvalue weighted by molar-refractivity contribution is 1.04. The molecular weight excluding hydrogens is 252 g/mol. The summed E-state index contributed by atoms with van der Waals surface area (Å²) < 4.78 is 0. The maximum atomic E-state index is 4.32. The first kappa shape index (κ1) is 13.4. The maximum absolute atomic E-state index is 4.32. The van der Waals surface area contributed by atoms with Crippen LogP contribution in [0.2, 0.25) is 6.04 Å². The monoisotopic (exact) mass is 272 g/mol. The molecule has 0 radical (unpaired) electrons. The molecule has 0 aliphatic heterocycles. The highest BCUT2D eigenvalue weighted by molar-refractivity contribution is 7.80. The average Bonchev–Trinajstić information content (AvgIpc) is 2.46. The number of hydrogen-bond acceptors (Lipinski definition) is 1. The first-order valence-electron chi connectivity index (χ1n) is 6.62. The molecule has 0 heterocycles. The van der Waals surface area contributed by atoms with Gasteiger partial charge in [-0.25, -0.2) is 0 Å². The van der Waals surface area contributed by atoms with E-state index < -0.39 is 0 Å². The van der Waals surface area contributed by atoms with E-state index in [1.807, 2.05) is 0 Å². The van der Waals surface area contributed by atoms with Gasteiger partial charge < -0.3 is 0 Å². The Balaban J connectivity index is 2.18. The normalized spacial score (nSPS) is 11.4. The van der Waals surface area contributed by atoms with E-state index in [1.54, 1.807) is 0 Å². The van der Waals surface area contributed by atoms with Crippen molar-refractivity contribution in [1.82, 2.24) is 0 Å². The van der Waals surface area contributed by atoms with Gasteiger partial charge in [0.1, 0.15) is 0 Å². The topological polar surface area (TPSA) is 0 Å². The lowest BCUT2D eigenvalue weighted by Crippen LogP contribution is -2.09. The fraction of sp³-hybridized carbons (Fsp3) is 0.250. The average molecular weight is 272 g/mol. The molecule has 0 aliphatic carbocycles. The van der Waals surface area contributed by atoms with Crippen molar-refractivity contribution < 1.29 is 0 Å². The van der Waals surface area contributed by atoms with Crippen LogP contribution in [0.5, 0.6) is 0 Å². The van der Waals surface area contributed by atoms with Gasteiger partial charge in [0.05, 0.1) is 0 Å². The van der Waals surface area contributed by atoms with Crippen LogP contribution >= 0.6 is 12.6 Å². The van der Waals surface area contributed by atoms with Gasteiger partial charge in [-0.15, -0.1) is 0 Å². The molecule has 2 rings (SSSR count). The molecule has 0 amide bonds. The van der Waals surface area contributed by atoms with Gasteiger partial charge in [0.15, 0.2) is 0 Å². The van der Waals surface area contributed by atoms with E-state index in [0.29, 0.717) is 5.54 Å². The molecule has 0 atom stereocenters. The molecule has 0 unspecified atom stereocenters. The van der Waals surface area contributed by atoms with Crippen LogP contribution < -0.4 is 0 Å². The smallest absolute Gasteiger partial charge is 0.0343 e. The van der Waals surface area contributed by atoms with Crippen LogP contribution in [0.4, 0.5) is 0 Å². The maximum Gasteiger partial charge on any atom is 0.0343 e. The SMILES string of the molecule is SCCC[SiH2]C(c1ccccc1)c1ccccc1. The standard InChI is InChI=1S/C16H20SSi/c17-12-7-13-18-16(14-8-3-1-4-9-14)15-10-5-2-6-11-15/h1-6,8-11,16-17H,7,12-13,18H2. The summed E-state index contributed by atoms with van der Waals surface area (Å²) in [6.45, 7) is 0. The first-order valence-corrected chi connectivity index (χ1v) is 9.07. The van der Waals surface area contributed by atoms with Crippen LogP contribution in [-0.4, -0.2) is 15.3 Å². The van der Waals surface area contributed by atoms with E-state index in [1.165, 1.54) is 23.6 Å². The zero-order chi connectivity index (χ0) is 12.6. The fourth-order valence-electron chi connectivity index (χ4n) is 2.36. The van der Waals surface area contributed by atoms with Gasteiger partial charge in [-0.05, 0) is 28.8 Å². The highest BCUT2D eigenvalue weighted by Crippen LogP contribution is 2.24. The highest BCUT2D eigenvalue weighted by atomic mass is 32.1. The van der Waals surface area contributed by atoms with Crippen molar-refractivity contribution in [2.75, 3.05) is 5.75 Å². The molecule has 0 bridgehead atoms. The number of rotatable bonds is 6. The zero-order valence-electron chi connectivity index (χ0n) is 10.6. The van der Waals surface area contributed by atoms with Crippen molar-refractivity contribution >= 4 is 22.1 Å². The summed E-state index contributed by atoms with van der Waals surface area (Å²) >= 11 is 4.32. The van der Waals surface area contributed by atoms with Crippen molar-refractivity contribution in [3.05, 3.63) is 71.8 Å². The Morgan fingerprint density at radius 2 is 1.33 bits per heavy atom. The van der Waals surface area contributed by atoms with E-state index in [2.05, 4.69) is 73.3 Å². The molecule has 0 spiro atoms. The first-order chi connectivity index (χ1) is 8.92. The van der Waals surface area contributed by atoms with Crippen molar-refractivity contribution in [1.29, 1.82) is 0 Å². The lowest BCUT2D eigenvalue weighted by Gasteiger charge is -2.17. The van der Waals surface area contributed by atoms with Crippen LogP contribution in [0.1, 0.15) is 23.1 Å². The highest BCUT2D eigenvalue weighted by Gasteiger charge is 2.13. The number of hydrogen-bond donors (Lipinski definition) is 1. The molecule has 0 fully saturated rings. The Kier molecular flexibility index (Phi) is 5.56. The van der Waals surface area contributed by atoms with Crippen molar-refractivity contribution in [3.63, 3.8) is 0 Å². The van der Waals surface area contributed by atoms with Crippen molar-refractivity contribution in [2.45, 2.75) is 18.0 Å². The molecule has 0 nitrogen and oxygen atoms in total. The fourth-order valence-corrected chi connectivity index (χ4v) is 5.16. The largest absolute Gasteiger partial charge is 0.179 e. The molecule has 0 saturated carbocycles. The van der Waals surface area contributed by atoms with Crippen molar-refractivity contribution in [2.24, 2.45) is 0 Å². The second kappa shape index (κ2) is 7.44. The second-order valence-corrected chi connectivity index (χ2v) is 7.14. The Bertz CT molecular complexity index is 402. The predicted octanol–water partition coefficient (Wildman–Crippen LogP) is 3.68. The van der Waals surface area contributed by atoms with Crippen LogP contribution in [-0.2, 0) is 0 Å². The molecule has 2 aromatic rings. The van der Waals surface area contributed by atoms with Gasteiger partial charge in [-0.2, -0.15) is 12.6 Å². The van der Waals surface area contributed by atoms with Crippen LogP contribution in [0.3, 0.4) is 0 Å². The Labute approximate surface area is 118 Å². The van der Waals surface area contributed by atoms with Gasteiger partial charge >= 0.3 is 0 Å². The minimum Gasteiger partial charge on any atom is -0.179 e. The van der Waals surface area contributed by atoms with E-state index in [0.717, 1.165) is 5.75 Å². The summed E-state index contributed by atoms with van der Waals surface area (Å²) in [4.78, 5) is 0. The Morgan fingerprint density at radius 1 is 0.833 bits per heavy atom. The van der Waals surface area contributed by atoms with Crippen LogP contribution in [0, 0.1) is 0 Å². The summed E-state index contributed by atoms with van der Waals surface area (Å²) in [5.74, 6) is 1.02. The number of benzene rings is 2. The third kappa shape index (κ3) is 3.75. The summed E-state index contributed by atoms with van der Waals surface area (Å²) in [7, 11) is -0.131. The van der Waals surface area contributed by atoms with E-state index in [-0.39, 0.29) is 9.52 Å². The molecule has 94 valence electrons. The van der Waals surface area contributed by atoms with Gasteiger partial charge in [0.25, 0.3) is 0 Å². The second-order valence-electron chi connectivity index (χ2n) is 4.59. The van der Waals surface area contributed by atoms with Crippen molar-refractivity contribution in [3.8, 4) is 0 Å². The zero-order valence-corrected chi connectivity index (χ0v) is 12.9. The predicted molar refractivity (Wildman–Crippen MR) is 86.5 cm³/mol. The minimum atomic E-state index is -0.131. The van der Waals surface area contributed by atoms with Gasteiger partial charge in [0, 0.05) is 9.52 Å². The summed E-state index contributed by atoms with van der Waals surface area (Å²) in [5.41, 5.74) is 3.62. The molecule has 0 N–H and O–H groups in total. The lowest BCUT2D eigenvalue weighted by atomic mass is 10.0. The Hall–Kier alpha value is -0.993. The molecule has 2 heteroatoms. The number of thiol groups is 1. The van der Waals surface area contributed by atoms with E-state index in [4.69, 9.17) is 0 Å². The van der Waals surface area contributed by atoms with Crippen LogP contribution in [0.25, 0.3) is 0 Å². The van der Waals surface area contributed by atoms with E-state index in [9.17, 15) is 0 Å². The third-order valence-electron chi connectivity index (χ3n) is 3.30. The van der Waals surface area contributed by atoms with Gasteiger partial charge in [-0.3, -0.25) is 0 Å². The van der Waals surface area contributed by atoms with Gasteiger partial charge in [-0.1, -0.05) is 66.7 Å². The molecule has 18 heavy (non-hydrogen) atoms. The molecule has 0 aromatic heterocycles. The molecular formula is C16H20SSi. The third-order valence-corrected chi connectivity index (χ3v) is 6.05. The summed E-state index contributed by atoms with van der Waals surface area (Å²) in [6, 6.07) is 23.3.